The zero-order chi connectivity index (χ0) is 14.7. The Hall–Kier alpha value is -2.47. The number of nitrogens with one attached hydrogen (secondary N) is 1. The van der Waals surface area contributed by atoms with Gasteiger partial charge in [0.1, 0.15) is 5.52 Å². The first-order chi connectivity index (χ1) is 10.2. The number of benzene rings is 1. The summed E-state index contributed by atoms with van der Waals surface area (Å²) >= 11 is 0. The van der Waals surface area contributed by atoms with Crippen LogP contribution in [0.1, 0.15) is 24.5 Å². The third-order valence-electron chi connectivity index (χ3n) is 3.14. The van der Waals surface area contributed by atoms with Crippen LogP contribution >= 0.6 is 0 Å². The fourth-order valence-electron chi connectivity index (χ4n) is 1.90. The summed E-state index contributed by atoms with van der Waals surface area (Å²) in [5.41, 5.74) is 1.58. The van der Waals surface area contributed by atoms with E-state index in [0.717, 1.165) is 17.5 Å². The highest BCUT2D eigenvalue weighted by Crippen LogP contribution is 2.16. The second-order valence-corrected chi connectivity index (χ2v) is 4.80. The van der Waals surface area contributed by atoms with Gasteiger partial charge in [0.2, 0.25) is 5.89 Å². The molecule has 0 amide bonds. The van der Waals surface area contributed by atoms with Gasteiger partial charge < -0.3 is 14.3 Å². The van der Waals surface area contributed by atoms with E-state index in [-0.39, 0.29) is 0 Å². The Morgan fingerprint density at radius 1 is 1.19 bits per heavy atom. The van der Waals surface area contributed by atoms with Crippen LogP contribution in [-0.4, -0.2) is 28.2 Å². The zero-order valence-corrected chi connectivity index (χ0v) is 11.9. The van der Waals surface area contributed by atoms with Gasteiger partial charge in [-0.2, -0.15) is 4.98 Å². The topological polar surface area (TPSA) is 77.0 Å². The van der Waals surface area contributed by atoms with E-state index in [1.54, 1.807) is 12.2 Å². The second kappa shape index (κ2) is 5.88. The molecule has 6 nitrogen and oxygen atoms in total. The summed E-state index contributed by atoms with van der Waals surface area (Å²) in [6, 6.07) is 7.92. The summed E-state index contributed by atoms with van der Waals surface area (Å²) < 4.78 is 10.7. The maximum Gasteiger partial charge on any atom is 0.250 e. The summed E-state index contributed by atoms with van der Waals surface area (Å²) in [5.74, 6) is 1.63. The fourth-order valence-corrected chi connectivity index (χ4v) is 1.90. The van der Waals surface area contributed by atoms with Gasteiger partial charge in [-0.1, -0.05) is 17.3 Å². The summed E-state index contributed by atoms with van der Waals surface area (Å²) in [6.07, 6.45) is 4.14. The number of fused-ring (bicyclic) bond motifs is 1. The summed E-state index contributed by atoms with van der Waals surface area (Å²) in [7, 11) is 1.90. The maximum atomic E-state index is 5.58. The molecule has 0 saturated heterocycles. The van der Waals surface area contributed by atoms with Gasteiger partial charge in [0.05, 0.1) is 0 Å². The van der Waals surface area contributed by atoms with Crippen LogP contribution < -0.4 is 5.32 Å². The molecule has 3 rings (SSSR count). The van der Waals surface area contributed by atoms with Crippen LogP contribution in [0.5, 0.6) is 0 Å². The summed E-state index contributed by atoms with van der Waals surface area (Å²) in [4.78, 5) is 8.64. The van der Waals surface area contributed by atoms with Crippen molar-refractivity contribution in [2.45, 2.75) is 19.4 Å². The van der Waals surface area contributed by atoms with Crippen LogP contribution in [0.15, 0.2) is 33.2 Å². The van der Waals surface area contributed by atoms with Crippen LogP contribution in [0.4, 0.5) is 0 Å². The maximum absolute atomic E-state index is 5.58. The average molecular weight is 284 g/mol. The number of likely N-dealkylation sites (N-methyl/N-ethyl adjacent to an activating group) is 1. The quantitative estimate of drug-likeness (QED) is 0.775. The van der Waals surface area contributed by atoms with E-state index in [9.17, 15) is 0 Å². The molecule has 0 fully saturated rings. The van der Waals surface area contributed by atoms with Gasteiger partial charge in [0, 0.05) is 24.6 Å². The van der Waals surface area contributed by atoms with E-state index in [0.29, 0.717) is 23.6 Å². The smallest absolute Gasteiger partial charge is 0.250 e. The molecule has 108 valence electrons. The Morgan fingerprint density at radius 2 is 2.00 bits per heavy atom. The van der Waals surface area contributed by atoms with Gasteiger partial charge in [-0.15, -0.1) is 0 Å². The standard InChI is InChI=1S/C15H16N4O2/c1-10(16-2)9-13-18-15(21-19-13)8-7-14-17-11-5-3-4-6-12(11)20-14/h3-8,10,16H,9H2,1-2H3/b8-7+. The van der Waals surface area contributed by atoms with Crippen molar-refractivity contribution in [1.82, 2.24) is 20.4 Å². The van der Waals surface area contributed by atoms with Crippen LogP contribution in [0.25, 0.3) is 23.3 Å². The predicted molar refractivity (Wildman–Crippen MR) is 79.5 cm³/mol. The van der Waals surface area contributed by atoms with Crippen molar-refractivity contribution < 1.29 is 8.94 Å². The number of rotatable bonds is 5. The first kappa shape index (κ1) is 13.5. The summed E-state index contributed by atoms with van der Waals surface area (Å²) in [5, 5.41) is 7.06. The number of oxazole rings is 1. The van der Waals surface area contributed by atoms with Gasteiger partial charge >= 0.3 is 0 Å². The monoisotopic (exact) mass is 284 g/mol. The molecule has 2 heterocycles. The molecular weight excluding hydrogens is 268 g/mol. The molecule has 0 aliphatic carbocycles. The van der Waals surface area contributed by atoms with Gasteiger partial charge in [-0.25, -0.2) is 4.98 Å². The molecule has 0 spiro atoms. The lowest BCUT2D eigenvalue weighted by molar-refractivity contribution is 0.400. The molecule has 0 aliphatic rings. The number of nitrogens with zero attached hydrogens (tertiary/aromatic N) is 3. The van der Waals surface area contributed by atoms with Crippen molar-refractivity contribution in [3.05, 3.63) is 41.9 Å². The predicted octanol–water partition coefficient (Wildman–Crippen LogP) is 2.53. The van der Waals surface area contributed by atoms with E-state index in [1.165, 1.54) is 0 Å². The molecule has 1 N–H and O–H groups in total. The molecule has 0 radical (unpaired) electrons. The van der Waals surface area contributed by atoms with E-state index in [1.807, 2.05) is 31.3 Å². The number of para-hydroxylation sites is 2. The summed E-state index contributed by atoms with van der Waals surface area (Å²) in [6.45, 7) is 2.06. The van der Waals surface area contributed by atoms with Crippen molar-refractivity contribution in [3.63, 3.8) is 0 Å². The van der Waals surface area contributed by atoms with E-state index in [4.69, 9.17) is 8.94 Å². The molecular formula is C15H16N4O2. The SMILES string of the molecule is CNC(C)Cc1noc(/C=C/c2nc3ccccc3o2)n1. The van der Waals surface area contributed by atoms with E-state index < -0.39 is 0 Å². The number of aromatic nitrogens is 3. The average Bonchev–Trinajstić information content (AvgIpc) is 3.10. The minimum atomic E-state index is 0.302. The lowest BCUT2D eigenvalue weighted by Crippen LogP contribution is -2.24. The van der Waals surface area contributed by atoms with E-state index >= 15 is 0 Å². The Kier molecular flexibility index (Phi) is 3.79. The second-order valence-electron chi connectivity index (χ2n) is 4.80. The third kappa shape index (κ3) is 3.17. The largest absolute Gasteiger partial charge is 0.437 e. The molecule has 1 unspecified atom stereocenters. The van der Waals surface area contributed by atoms with Crippen molar-refractivity contribution in [2.75, 3.05) is 7.05 Å². The molecule has 21 heavy (non-hydrogen) atoms. The van der Waals surface area contributed by atoms with Gasteiger partial charge in [-0.3, -0.25) is 0 Å². The van der Waals surface area contributed by atoms with Crippen LogP contribution in [-0.2, 0) is 6.42 Å². The molecule has 1 aromatic carbocycles. The Morgan fingerprint density at radius 3 is 2.81 bits per heavy atom. The first-order valence-corrected chi connectivity index (χ1v) is 6.78. The highest BCUT2D eigenvalue weighted by molar-refractivity contribution is 5.75. The normalized spacial score (nSPS) is 13.2. The minimum Gasteiger partial charge on any atom is -0.437 e. The van der Waals surface area contributed by atoms with Crippen molar-refractivity contribution >= 4 is 23.3 Å². The number of hydrogen-bond acceptors (Lipinski definition) is 6. The molecule has 3 aromatic rings. The lowest BCUT2D eigenvalue weighted by atomic mass is 10.2. The Labute approximate surface area is 121 Å². The highest BCUT2D eigenvalue weighted by Gasteiger charge is 2.08. The van der Waals surface area contributed by atoms with Crippen LogP contribution in [0.3, 0.4) is 0 Å². The number of hydrogen-bond donors (Lipinski definition) is 1. The molecule has 0 bridgehead atoms. The van der Waals surface area contributed by atoms with Gasteiger partial charge in [-0.05, 0) is 26.1 Å². The van der Waals surface area contributed by atoms with Crippen LogP contribution in [0, 0.1) is 0 Å². The van der Waals surface area contributed by atoms with Crippen molar-refractivity contribution in [2.24, 2.45) is 0 Å². The molecule has 1 atom stereocenters. The minimum absolute atomic E-state index is 0.302. The van der Waals surface area contributed by atoms with E-state index in [2.05, 4.69) is 27.4 Å². The van der Waals surface area contributed by atoms with Crippen molar-refractivity contribution in [1.29, 1.82) is 0 Å². The van der Waals surface area contributed by atoms with Crippen molar-refractivity contribution in [3.8, 4) is 0 Å². The fraction of sp³-hybridized carbons (Fsp3) is 0.267. The van der Waals surface area contributed by atoms with Gasteiger partial charge in [0.15, 0.2) is 11.4 Å². The van der Waals surface area contributed by atoms with Crippen LogP contribution in [0.2, 0.25) is 0 Å². The Bertz CT molecular complexity index is 727. The molecule has 0 saturated carbocycles. The Balaban J connectivity index is 1.73. The molecule has 2 aromatic heterocycles. The highest BCUT2D eigenvalue weighted by atomic mass is 16.5. The lowest BCUT2D eigenvalue weighted by Gasteiger charge is -2.04. The molecule has 0 aliphatic heterocycles. The third-order valence-corrected chi connectivity index (χ3v) is 3.14. The first-order valence-electron chi connectivity index (χ1n) is 6.78. The molecule has 6 heteroatoms. The zero-order valence-electron chi connectivity index (χ0n) is 11.9. The van der Waals surface area contributed by atoms with Gasteiger partial charge in [0.25, 0.3) is 5.89 Å².